The number of hydrogen-bond acceptors (Lipinski definition) is 5. The first-order valence-corrected chi connectivity index (χ1v) is 9.82. The first-order valence-electron chi connectivity index (χ1n) is 8.94. The third kappa shape index (κ3) is 5.79. The number of rotatable bonds is 6. The van der Waals surface area contributed by atoms with Crippen molar-refractivity contribution in [2.24, 2.45) is 0 Å². The van der Waals surface area contributed by atoms with Gasteiger partial charge in [0.25, 0.3) is 0 Å². The summed E-state index contributed by atoms with van der Waals surface area (Å²) in [4.78, 5) is 23.0. The van der Waals surface area contributed by atoms with E-state index < -0.39 is 0 Å². The zero-order valence-electron chi connectivity index (χ0n) is 14.4. The van der Waals surface area contributed by atoms with Crippen LogP contribution in [0.4, 0.5) is 9.93 Å². The Hall–Kier alpha value is -1.99. The number of thiazole rings is 1. The third-order valence-corrected chi connectivity index (χ3v) is 5.08. The first-order chi connectivity index (χ1) is 12.3. The predicted molar refractivity (Wildman–Crippen MR) is 102 cm³/mol. The highest BCUT2D eigenvalue weighted by molar-refractivity contribution is 7.14. The highest BCUT2D eigenvalue weighted by Crippen LogP contribution is 2.23. The van der Waals surface area contributed by atoms with Gasteiger partial charge < -0.3 is 10.2 Å². The van der Waals surface area contributed by atoms with Gasteiger partial charge in [0, 0.05) is 29.9 Å². The van der Waals surface area contributed by atoms with Crippen molar-refractivity contribution in [3.8, 4) is 11.3 Å². The molecule has 0 atom stereocenters. The molecule has 3 rings (SSSR count). The van der Waals surface area contributed by atoms with Gasteiger partial charge in [-0.3, -0.25) is 10.3 Å². The van der Waals surface area contributed by atoms with E-state index in [1.165, 1.54) is 50.1 Å². The number of hydrogen-bond donors (Lipinski definition) is 2. The number of carbonyl (C=O) groups excluding carboxylic acids is 1. The molecule has 0 spiro atoms. The average molecular weight is 359 g/mol. The van der Waals surface area contributed by atoms with E-state index in [4.69, 9.17) is 0 Å². The Morgan fingerprint density at radius 1 is 1.24 bits per heavy atom. The van der Waals surface area contributed by atoms with Crippen LogP contribution >= 0.6 is 11.3 Å². The van der Waals surface area contributed by atoms with E-state index in [1.54, 1.807) is 12.4 Å². The summed E-state index contributed by atoms with van der Waals surface area (Å²) in [6.45, 7) is 4.14. The lowest BCUT2D eigenvalue weighted by Gasteiger charge is -2.19. The molecule has 2 amide bonds. The summed E-state index contributed by atoms with van der Waals surface area (Å²) < 4.78 is 0. The molecule has 0 saturated carbocycles. The second-order valence-electron chi connectivity index (χ2n) is 6.27. The number of amides is 2. The molecule has 0 radical (unpaired) electrons. The lowest BCUT2D eigenvalue weighted by atomic mass is 10.2. The van der Waals surface area contributed by atoms with Crippen molar-refractivity contribution in [2.45, 2.75) is 32.1 Å². The Balaban J connectivity index is 1.37. The minimum Gasteiger partial charge on any atom is -0.338 e. The standard InChI is InChI=1S/C18H25N5OS/c24-17(20-9-6-12-23-10-3-1-2-4-11-23)22-18-21-16(14-25-18)15-7-5-8-19-13-15/h5,7-8,13-14H,1-4,6,9-12H2,(H2,20,21,22,24). The number of likely N-dealkylation sites (tertiary alicyclic amines) is 1. The van der Waals surface area contributed by atoms with Gasteiger partial charge in [0.05, 0.1) is 5.69 Å². The fraction of sp³-hybridized carbons (Fsp3) is 0.500. The van der Waals surface area contributed by atoms with Crippen LogP contribution < -0.4 is 10.6 Å². The van der Waals surface area contributed by atoms with Crippen LogP contribution in [0.15, 0.2) is 29.9 Å². The predicted octanol–water partition coefficient (Wildman–Crippen LogP) is 3.59. The molecule has 0 bridgehead atoms. The molecule has 0 aromatic carbocycles. The number of pyridine rings is 1. The Morgan fingerprint density at radius 3 is 2.84 bits per heavy atom. The van der Waals surface area contributed by atoms with Crippen molar-refractivity contribution < 1.29 is 4.79 Å². The molecular formula is C18H25N5OS. The molecule has 1 saturated heterocycles. The van der Waals surface area contributed by atoms with E-state index in [-0.39, 0.29) is 6.03 Å². The summed E-state index contributed by atoms with van der Waals surface area (Å²) in [7, 11) is 0. The molecule has 1 aliphatic rings. The molecule has 0 aliphatic carbocycles. The van der Waals surface area contributed by atoms with Crippen molar-refractivity contribution in [3.05, 3.63) is 29.9 Å². The molecule has 3 heterocycles. The summed E-state index contributed by atoms with van der Waals surface area (Å²) in [6, 6.07) is 3.64. The van der Waals surface area contributed by atoms with Crippen molar-refractivity contribution >= 4 is 22.5 Å². The fourth-order valence-electron chi connectivity index (χ4n) is 2.98. The summed E-state index contributed by atoms with van der Waals surface area (Å²) in [5.74, 6) is 0. The Morgan fingerprint density at radius 2 is 2.08 bits per heavy atom. The highest BCUT2D eigenvalue weighted by Gasteiger charge is 2.10. The Labute approximate surface area is 152 Å². The van der Waals surface area contributed by atoms with Crippen LogP contribution in [-0.2, 0) is 0 Å². The van der Waals surface area contributed by atoms with Crippen LogP contribution in [0.1, 0.15) is 32.1 Å². The molecule has 25 heavy (non-hydrogen) atoms. The van der Waals surface area contributed by atoms with Crippen LogP contribution in [0, 0.1) is 0 Å². The second-order valence-corrected chi connectivity index (χ2v) is 7.13. The third-order valence-electron chi connectivity index (χ3n) is 4.32. The molecule has 2 N–H and O–H groups in total. The summed E-state index contributed by atoms with van der Waals surface area (Å²) in [5, 5.41) is 8.24. The fourth-order valence-corrected chi connectivity index (χ4v) is 3.70. The van der Waals surface area contributed by atoms with Crippen molar-refractivity contribution in [1.82, 2.24) is 20.2 Å². The van der Waals surface area contributed by atoms with Gasteiger partial charge in [0.15, 0.2) is 5.13 Å². The Bertz CT molecular complexity index is 652. The van der Waals surface area contributed by atoms with Gasteiger partial charge in [-0.05, 0) is 51.0 Å². The molecule has 1 aliphatic heterocycles. The lowest BCUT2D eigenvalue weighted by molar-refractivity contribution is 0.249. The summed E-state index contributed by atoms with van der Waals surface area (Å²) in [6.07, 6.45) is 9.79. The Kier molecular flexibility index (Phi) is 6.76. The molecule has 0 unspecified atom stereocenters. The van der Waals surface area contributed by atoms with Gasteiger partial charge in [-0.1, -0.05) is 12.8 Å². The van der Waals surface area contributed by atoms with Gasteiger partial charge in [0.1, 0.15) is 0 Å². The van der Waals surface area contributed by atoms with E-state index in [2.05, 4.69) is 25.5 Å². The van der Waals surface area contributed by atoms with Crippen LogP contribution in [0.3, 0.4) is 0 Å². The molecule has 1 fully saturated rings. The molecule has 2 aromatic rings. The number of anilines is 1. The van der Waals surface area contributed by atoms with Gasteiger partial charge in [-0.25, -0.2) is 9.78 Å². The second kappa shape index (κ2) is 9.48. The quantitative estimate of drug-likeness (QED) is 0.773. The molecule has 6 nitrogen and oxygen atoms in total. The van der Waals surface area contributed by atoms with E-state index in [0.717, 1.165) is 24.2 Å². The maximum absolute atomic E-state index is 12.0. The summed E-state index contributed by atoms with van der Waals surface area (Å²) in [5.41, 5.74) is 1.78. The van der Waals surface area contributed by atoms with Gasteiger partial charge in [-0.15, -0.1) is 11.3 Å². The van der Waals surface area contributed by atoms with Crippen molar-refractivity contribution in [3.63, 3.8) is 0 Å². The maximum Gasteiger partial charge on any atom is 0.321 e. The minimum absolute atomic E-state index is 0.192. The van der Waals surface area contributed by atoms with Crippen molar-refractivity contribution in [2.75, 3.05) is 31.5 Å². The van der Waals surface area contributed by atoms with Crippen LogP contribution in [0.2, 0.25) is 0 Å². The molecule has 134 valence electrons. The van der Waals surface area contributed by atoms with Gasteiger partial charge in [0.2, 0.25) is 0 Å². The SMILES string of the molecule is O=C(NCCCN1CCCCCC1)Nc1nc(-c2cccnc2)cs1. The normalized spacial score (nSPS) is 15.5. The smallest absolute Gasteiger partial charge is 0.321 e. The number of aromatic nitrogens is 2. The highest BCUT2D eigenvalue weighted by atomic mass is 32.1. The van der Waals surface area contributed by atoms with Crippen LogP contribution in [0.25, 0.3) is 11.3 Å². The summed E-state index contributed by atoms with van der Waals surface area (Å²) >= 11 is 1.42. The van der Waals surface area contributed by atoms with E-state index >= 15 is 0 Å². The zero-order chi connectivity index (χ0) is 17.3. The lowest BCUT2D eigenvalue weighted by Crippen LogP contribution is -2.32. The largest absolute Gasteiger partial charge is 0.338 e. The minimum atomic E-state index is -0.192. The zero-order valence-corrected chi connectivity index (χ0v) is 15.2. The van der Waals surface area contributed by atoms with Gasteiger partial charge >= 0.3 is 6.03 Å². The molecule has 7 heteroatoms. The molecular weight excluding hydrogens is 334 g/mol. The van der Waals surface area contributed by atoms with Crippen molar-refractivity contribution in [1.29, 1.82) is 0 Å². The average Bonchev–Trinajstić information content (AvgIpc) is 2.94. The topological polar surface area (TPSA) is 70.2 Å². The van der Waals surface area contributed by atoms with Gasteiger partial charge in [-0.2, -0.15) is 0 Å². The van der Waals surface area contributed by atoms with Crippen LogP contribution in [-0.4, -0.2) is 47.1 Å². The molecule has 2 aromatic heterocycles. The monoisotopic (exact) mass is 359 g/mol. The van der Waals surface area contributed by atoms with E-state index in [1.807, 2.05) is 17.5 Å². The maximum atomic E-state index is 12.0. The van der Waals surface area contributed by atoms with E-state index in [0.29, 0.717) is 11.7 Å². The number of urea groups is 1. The number of nitrogens with one attached hydrogen (secondary N) is 2. The number of carbonyl (C=O) groups is 1. The first kappa shape index (κ1) is 17.8. The number of nitrogens with zero attached hydrogens (tertiary/aromatic N) is 3. The van der Waals surface area contributed by atoms with Crippen LogP contribution in [0.5, 0.6) is 0 Å². The van der Waals surface area contributed by atoms with E-state index in [9.17, 15) is 4.79 Å².